The molecule has 2 rings (SSSR count). The Hall–Kier alpha value is -3.02. The van der Waals surface area contributed by atoms with Gasteiger partial charge in [-0.1, -0.05) is 0 Å². The molecule has 0 fully saturated rings. The third-order valence-electron chi connectivity index (χ3n) is 3.06. The molecule has 0 aromatic heterocycles. The molecule has 0 radical (unpaired) electrons. The second kappa shape index (κ2) is 7.84. The van der Waals surface area contributed by atoms with Crippen molar-refractivity contribution in [3.05, 3.63) is 54.1 Å². The summed E-state index contributed by atoms with van der Waals surface area (Å²) in [5.74, 6) is 1.11. The number of ether oxygens (including phenoxy) is 2. The SMILES string of the molecule is COc1ccc(OCC(=O)N/N=C(\C)c2ccc(O)cc2)cc1. The highest BCUT2D eigenvalue weighted by atomic mass is 16.5. The smallest absolute Gasteiger partial charge is 0.277 e. The largest absolute Gasteiger partial charge is 0.508 e. The summed E-state index contributed by atoms with van der Waals surface area (Å²) in [7, 11) is 1.58. The van der Waals surface area contributed by atoms with Crippen LogP contribution in [0.1, 0.15) is 12.5 Å². The standard InChI is InChI=1S/C17H18N2O4/c1-12(13-3-5-14(20)6-4-13)18-19-17(21)11-23-16-9-7-15(22-2)8-10-16/h3-10,20H,11H2,1-2H3,(H,19,21)/b18-12+. The van der Waals surface area contributed by atoms with Crippen LogP contribution in [-0.4, -0.2) is 30.4 Å². The molecule has 0 aliphatic rings. The molecule has 120 valence electrons. The minimum Gasteiger partial charge on any atom is -0.508 e. The average Bonchev–Trinajstić information content (AvgIpc) is 2.59. The van der Waals surface area contributed by atoms with Crippen LogP contribution in [0.2, 0.25) is 0 Å². The number of hydrogen-bond acceptors (Lipinski definition) is 5. The summed E-state index contributed by atoms with van der Waals surface area (Å²) in [6, 6.07) is 13.5. The molecule has 1 amide bonds. The Labute approximate surface area is 134 Å². The Bertz CT molecular complexity index is 679. The molecule has 0 atom stereocenters. The zero-order valence-electron chi connectivity index (χ0n) is 12.9. The van der Waals surface area contributed by atoms with E-state index >= 15 is 0 Å². The van der Waals surface area contributed by atoms with Gasteiger partial charge in [0.15, 0.2) is 6.61 Å². The first-order chi connectivity index (χ1) is 11.1. The second-order valence-electron chi connectivity index (χ2n) is 4.74. The zero-order valence-corrected chi connectivity index (χ0v) is 12.9. The lowest BCUT2D eigenvalue weighted by atomic mass is 10.1. The molecule has 2 N–H and O–H groups in total. The lowest BCUT2D eigenvalue weighted by molar-refractivity contribution is -0.123. The molecule has 0 spiro atoms. The van der Waals surface area contributed by atoms with Crippen molar-refractivity contribution >= 4 is 11.6 Å². The van der Waals surface area contributed by atoms with Crippen LogP contribution in [0, 0.1) is 0 Å². The van der Waals surface area contributed by atoms with Gasteiger partial charge >= 0.3 is 0 Å². The fourth-order valence-corrected chi connectivity index (χ4v) is 1.77. The molecular weight excluding hydrogens is 296 g/mol. The third-order valence-corrected chi connectivity index (χ3v) is 3.06. The molecule has 6 nitrogen and oxygen atoms in total. The van der Waals surface area contributed by atoms with Crippen molar-refractivity contribution in [1.82, 2.24) is 5.43 Å². The van der Waals surface area contributed by atoms with Crippen molar-refractivity contribution in [2.24, 2.45) is 5.10 Å². The van der Waals surface area contributed by atoms with Crippen LogP contribution in [0.15, 0.2) is 53.6 Å². The van der Waals surface area contributed by atoms with Crippen molar-refractivity contribution in [3.63, 3.8) is 0 Å². The van der Waals surface area contributed by atoms with Gasteiger partial charge in [0.25, 0.3) is 5.91 Å². The number of rotatable bonds is 6. The van der Waals surface area contributed by atoms with Gasteiger partial charge in [0.1, 0.15) is 17.2 Å². The summed E-state index contributed by atoms with van der Waals surface area (Å²) in [6.07, 6.45) is 0. The summed E-state index contributed by atoms with van der Waals surface area (Å²) in [5.41, 5.74) is 3.86. The number of benzene rings is 2. The summed E-state index contributed by atoms with van der Waals surface area (Å²) in [4.78, 5) is 11.7. The Morgan fingerprint density at radius 2 is 1.70 bits per heavy atom. The van der Waals surface area contributed by atoms with Crippen molar-refractivity contribution in [2.75, 3.05) is 13.7 Å². The summed E-state index contributed by atoms with van der Waals surface area (Å²) in [5, 5.41) is 13.2. The predicted molar refractivity (Wildman–Crippen MR) is 86.9 cm³/mol. The first-order valence-corrected chi connectivity index (χ1v) is 6.98. The van der Waals surface area contributed by atoms with E-state index in [1.807, 2.05) is 0 Å². The summed E-state index contributed by atoms with van der Waals surface area (Å²) < 4.78 is 10.4. The van der Waals surface area contributed by atoms with E-state index in [-0.39, 0.29) is 18.3 Å². The van der Waals surface area contributed by atoms with E-state index < -0.39 is 0 Å². The van der Waals surface area contributed by atoms with Crippen LogP contribution in [0.4, 0.5) is 0 Å². The summed E-state index contributed by atoms with van der Waals surface area (Å²) in [6.45, 7) is 1.62. The molecule has 2 aromatic rings. The number of phenols is 1. The lowest BCUT2D eigenvalue weighted by Gasteiger charge is -2.06. The van der Waals surface area contributed by atoms with Crippen LogP contribution in [-0.2, 0) is 4.79 Å². The second-order valence-corrected chi connectivity index (χ2v) is 4.74. The van der Waals surface area contributed by atoms with Gasteiger partial charge in [-0.3, -0.25) is 4.79 Å². The molecule has 0 aliphatic heterocycles. The van der Waals surface area contributed by atoms with Gasteiger partial charge in [0.2, 0.25) is 0 Å². The monoisotopic (exact) mass is 314 g/mol. The number of methoxy groups -OCH3 is 1. The van der Waals surface area contributed by atoms with E-state index in [9.17, 15) is 9.90 Å². The van der Waals surface area contributed by atoms with E-state index in [0.29, 0.717) is 11.5 Å². The van der Waals surface area contributed by atoms with Crippen LogP contribution in [0.3, 0.4) is 0 Å². The van der Waals surface area contributed by atoms with Gasteiger partial charge in [-0.05, 0) is 61.0 Å². The third kappa shape index (κ3) is 5.03. The highest BCUT2D eigenvalue weighted by Gasteiger charge is 2.03. The molecule has 23 heavy (non-hydrogen) atoms. The number of aromatic hydroxyl groups is 1. The van der Waals surface area contributed by atoms with Crippen molar-refractivity contribution in [1.29, 1.82) is 0 Å². The molecule has 6 heteroatoms. The molecule has 0 saturated heterocycles. The normalized spacial score (nSPS) is 11.0. The van der Waals surface area contributed by atoms with Gasteiger partial charge in [0, 0.05) is 0 Å². The van der Waals surface area contributed by atoms with Crippen molar-refractivity contribution in [2.45, 2.75) is 6.92 Å². The number of carbonyl (C=O) groups excluding carboxylic acids is 1. The predicted octanol–water partition coefficient (Wildman–Crippen LogP) is 2.32. The molecule has 0 unspecified atom stereocenters. The molecule has 2 aromatic carbocycles. The lowest BCUT2D eigenvalue weighted by Crippen LogP contribution is -2.25. The summed E-state index contributed by atoms with van der Waals surface area (Å²) >= 11 is 0. The van der Waals surface area contributed by atoms with Gasteiger partial charge in [-0.25, -0.2) is 5.43 Å². The first-order valence-electron chi connectivity index (χ1n) is 6.98. The Morgan fingerprint density at radius 3 is 2.30 bits per heavy atom. The van der Waals surface area contributed by atoms with Crippen LogP contribution < -0.4 is 14.9 Å². The Kier molecular flexibility index (Phi) is 5.57. The van der Waals surface area contributed by atoms with E-state index in [1.165, 1.54) is 0 Å². The number of nitrogens with one attached hydrogen (secondary N) is 1. The number of carbonyl (C=O) groups is 1. The van der Waals surface area contributed by atoms with E-state index in [2.05, 4.69) is 10.5 Å². The topological polar surface area (TPSA) is 80.2 Å². The molecule has 0 heterocycles. The highest BCUT2D eigenvalue weighted by Crippen LogP contribution is 2.16. The van der Waals surface area contributed by atoms with Crippen LogP contribution in [0.5, 0.6) is 17.2 Å². The first kappa shape index (κ1) is 16.4. The van der Waals surface area contributed by atoms with Crippen LogP contribution >= 0.6 is 0 Å². The maximum Gasteiger partial charge on any atom is 0.277 e. The van der Waals surface area contributed by atoms with E-state index in [0.717, 1.165) is 11.3 Å². The fourth-order valence-electron chi connectivity index (χ4n) is 1.77. The number of nitrogens with zero attached hydrogens (tertiary/aromatic N) is 1. The van der Waals surface area contributed by atoms with Crippen LogP contribution in [0.25, 0.3) is 0 Å². The average molecular weight is 314 g/mol. The number of hydrazone groups is 1. The number of phenolic OH excluding ortho intramolecular Hbond substituents is 1. The molecular formula is C17H18N2O4. The Balaban J connectivity index is 1.84. The van der Waals surface area contributed by atoms with Gasteiger partial charge < -0.3 is 14.6 Å². The maximum atomic E-state index is 11.7. The van der Waals surface area contributed by atoms with E-state index in [1.54, 1.807) is 62.6 Å². The van der Waals surface area contributed by atoms with Gasteiger partial charge in [-0.2, -0.15) is 5.10 Å². The maximum absolute atomic E-state index is 11.7. The van der Waals surface area contributed by atoms with E-state index in [4.69, 9.17) is 9.47 Å². The molecule has 0 aliphatic carbocycles. The highest BCUT2D eigenvalue weighted by molar-refractivity contribution is 5.99. The van der Waals surface area contributed by atoms with Gasteiger partial charge in [0.05, 0.1) is 12.8 Å². The minimum atomic E-state index is -0.362. The molecule has 0 bridgehead atoms. The number of hydrogen-bond donors (Lipinski definition) is 2. The fraction of sp³-hybridized carbons (Fsp3) is 0.176. The van der Waals surface area contributed by atoms with Crippen molar-refractivity contribution in [3.8, 4) is 17.2 Å². The van der Waals surface area contributed by atoms with Gasteiger partial charge in [-0.15, -0.1) is 0 Å². The zero-order chi connectivity index (χ0) is 16.7. The molecule has 0 saturated carbocycles. The van der Waals surface area contributed by atoms with Crippen molar-refractivity contribution < 1.29 is 19.4 Å². The number of amides is 1. The minimum absolute atomic E-state index is 0.140. The quantitative estimate of drug-likeness (QED) is 0.633. The Morgan fingerprint density at radius 1 is 1.09 bits per heavy atom.